The molecule has 0 unspecified atom stereocenters. The third kappa shape index (κ3) is 3.38. The van der Waals surface area contributed by atoms with Gasteiger partial charge in [-0.3, -0.25) is 4.98 Å². The van der Waals surface area contributed by atoms with E-state index in [1.165, 1.54) is 0 Å². The zero-order chi connectivity index (χ0) is 16.2. The number of rotatable bonds is 6. The maximum Gasteiger partial charge on any atom is 0.170 e. The van der Waals surface area contributed by atoms with Gasteiger partial charge in [0.25, 0.3) is 0 Å². The maximum atomic E-state index is 5.58. The van der Waals surface area contributed by atoms with Gasteiger partial charge in [0.15, 0.2) is 5.11 Å². The van der Waals surface area contributed by atoms with Gasteiger partial charge in [0.05, 0.1) is 17.8 Å². The molecule has 1 saturated heterocycles. The number of aromatic amines is 1. The van der Waals surface area contributed by atoms with Crippen molar-refractivity contribution in [3.8, 4) is 0 Å². The van der Waals surface area contributed by atoms with Crippen molar-refractivity contribution in [1.29, 1.82) is 0 Å². The van der Waals surface area contributed by atoms with E-state index in [0.717, 1.165) is 41.8 Å². The molecule has 2 N–H and O–H groups in total. The Balaban J connectivity index is 1.91. The van der Waals surface area contributed by atoms with Crippen molar-refractivity contribution in [3.05, 3.63) is 53.6 Å². The van der Waals surface area contributed by atoms with Crippen LogP contribution in [0, 0.1) is 6.92 Å². The molecule has 0 aliphatic carbocycles. The van der Waals surface area contributed by atoms with Gasteiger partial charge >= 0.3 is 0 Å². The molecule has 6 heteroatoms. The number of H-pyrrole nitrogens is 1. The molecule has 3 heterocycles. The van der Waals surface area contributed by atoms with Crippen LogP contribution in [0.1, 0.15) is 35.6 Å². The summed E-state index contributed by atoms with van der Waals surface area (Å²) in [6, 6.07) is 10.4. The summed E-state index contributed by atoms with van der Waals surface area (Å²) >= 11 is 5.58. The molecule has 0 aromatic carbocycles. The van der Waals surface area contributed by atoms with Crippen LogP contribution in [-0.2, 0) is 4.74 Å². The smallest absolute Gasteiger partial charge is 0.170 e. The molecule has 0 spiro atoms. The van der Waals surface area contributed by atoms with Crippen LogP contribution < -0.4 is 5.32 Å². The average Bonchev–Trinajstić information content (AvgIpc) is 3.12. The first-order valence-electron chi connectivity index (χ1n) is 7.83. The summed E-state index contributed by atoms with van der Waals surface area (Å²) in [6.45, 7) is 3.64. The Morgan fingerprint density at radius 1 is 1.30 bits per heavy atom. The van der Waals surface area contributed by atoms with E-state index >= 15 is 0 Å². The van der Waals surface area contributed by atoms with Crippen molar-refractivity contribution in [2.24, 2.45) is 0 Å². The zero-order valence-corrected chi connectivity index (χ0v) is 14.3. The van der Waals surface area contributed by atoms with Gasteiger partial charge in [0, 0.05) is 37.8 Å². The molecule has 3 rings (SSSR count). The normalized spacial score (nSPS) is 20.8. The van der Waals surface area contributed by atoms with Gasteiger partial charge < -0.3 is 19.9 Å². The van der Waals surface area contributed by atoms with Crippen LogP contribution >= 0.6 is 12.2 Å². The van der Waals surface area contributed by atoms with Crippen LogP contribution in [-0.4, -0.2) is 40.2 Å². The van der Waals surface area contributed by atoms with Crippen molar-refractivity contribution >= 4 is 17.3 Å². The first-order valence-corrected chi connectivity index (χ1v) is 8.24. The van der Waals surface area contributed by atoms with E-state index in [4.69, 9.17) is 17.0 Å². The van der Waals surface area contributed by atoms with E-state index in [9.17, 15) is 0 Å². The SMILES string of the molecule is COCCCN1C(=S)N[C@H](c2ccccn2)[C@H]1c1ccc(C)[nH]1. The average molecular weight is 330 g/mol. The van der Waals surface area contributed by atoms with Gasteiger partial charge in [-0.05, 0) is 49.8 Å². The number of ether oxygens (including phenoxy) is 1. The minimum atomic E-state index is 0.0456. The lowest BCUT2D eigenvalue weighted by Gasteiger charge is -2.27. The Bertz CT molecular complexity index is 658. The molecule has 1 aliphatic heterocycles. The summed E-state index contributed by atoms with van der Waals surface area (Å²) < 4.78 is 5.18. The Kier molecular flexibility index (Phi) is 4.93. The number of nitrogens with zero attached hydrogens (tertiary/aromatic N) is 2. The Hall–Kier alpha value is -1.92. The quantitative estimate of drug-likeness (QED) is 0.630. The highest BCUT2D eigenvalue weighted by Crippen LogP contribution is 2.37. The zero-order valence-electron chi connectivity index (χ0n) is 13.5. The molecule has 0 bridgehead atoms. The third-order valence-electron chi connectivity index (χ3n) is 4.12. The summed E-state index contributed by atoms with van der Waals surface area (Å²) in [5, 5.41) is 4.21. The molecule has 0 saturated carbocycles. The van der Waals surface area contributed by atoms with Crippen molar-refractivity contribution < 1.29 is 4.74 Å². The molecular formula is C17H22N4OS. The lowest BCUT2D eigenvalue weighted by Crippen LogP contribution is -2.31. The van der Waals surface area contributed by atoms with E-state index in [1.807, 2.05) is 24.4 Å². The van der Waals surface area contributed by atoms with E-state index in [2.05, 4.69) is 39.2 Å². The standard InChI is InChI=1S/C17H22N4OS/c1-12-7-8-14(19-12)16-15(13-6-3-4-9-18-13)20-17(23)21(16)10-5-11-22-2/h3-4,6-9,15-16,19H,5,10-11H2,1-2H3,(H,20,23)/t15-,16-/m1/s1. The van der Waals surface area contributed by atoms with Crippen LogP contribution in [0.3, 0.4) is 0 Å². The number of thiocarbonyl (C=S) groups is 1. The molecule has 1 aliphatic rings. The minimum Gasteiger partial charge on any atom is -0.385 e. The van der Waals surface area contributed by atoms with Gasteiger partial charge in [-0.15, -0.1) is 0 Å². The number of aromatic nitrogens is 2. The van der Waals surface area contributed by atoms with E-state index < -0.39 is 0 Å². The second-order valence-corrected chi connectivity index (χ2v) is 6.15. The molecule has 5 nitrogen and oxygen atoms in total. The predicted octanol–water partition coefficient (Wildman–Crippen LogP) is 2.73. The first kappa shape index (κ1) is 16.0. The second kappa shape index (κ2) is 7.10. The number of aryl methyl sites for hydroxylation is 1. The molecule has 0 radical (unpaired) electrons. The highest BCUT2D eigenvalue weighted by Gasteiger charge is 2.39. The number of hydrogen-bond donors (Lipinski definition) is 2. The number of methoxy groups -OCH3 is 1. The van der Waals surface area contributed by atoms with Gasteiger partial charge in [0.2, 0.25) is 0 Å². The van der Waals surface area contributed by atoms with Crippen molar-refractivity contribution in [3.63, 3.8) is 0 Å². The molecule has 1 fully saturated rings. The third-order valence-corrected chi connectivity index (χ3v) is 4.47. The molecule has 2 aromatic rings. The Labute approximate surface area is 142 Å². The fraction of sp³-hybridized carbons (Fsp3) is 0.412. The summed E-state index contributed by atoms with van der Waals surface area (Å²) in [6.07, 6.45) is 2.76. The van der Waals surface area contributed by atoms with Gasteiger partial charge in [-0.2, -0.15) is 0 Å². The summed E-state index contributed by atoms with van der Waals surface area (Å²) in [4.78, 5) is 10.2. The van der Waals surface area contributed by atoms with Crippen LogP contribution in [0.2, 0.25) is 0 Å². The topological polar surface area (TPSA) is 53.2 Å². The minimum absolute atomic E-state index is 0.0456. The van der Waals surface area contributed by atoms with Crippen LogP contribution in [0.25, 0.3) is 0 Å². The number of hydrogen-bond acceptors (Lipinski definition) is 3. The molecule has 0 amide bonds. The molecule has 23 heavy (non-hydrogen) atoms. The monoisotopic (exact) mass is 330 g/mol. The van der Waals surface area contributed by atoms with Crippen molar-refractivity contribution in [2.75, 3.05) is 20.3 Å². The fourth-order valence-corrected chi connectivity index (χ4v) is 3.39. The lowest BCUT2D eigenvalue weighted by molar-refractivity contribution is 0.180. The van der Waals surface area contributed by atoms with Crippen LogP contribution in [0.5, 0.6) is 0 Å². The second-order valence-electron chi connectivity index (χ2n) is 5.76. The summed E-state index contributed by atoms with van der Waals surface area (Å²) in [7, 11) is 1.73. The van der Waals surface area contributed by atoms with E-state index in [0.29, 0.717) is 0 Å². The molecular weight excluding hydrogens is 308 g/mol. The molecule has 2 atom stereocenters. The highest BCUT2D eigenvalue weighted by atomic mass is 32.1. The van der Waals surface area contributed by atoms with E-state index in [1.54, 1.807) is 7.11 Å². The number of nitrogens with one attached hydrogen (secondary N) is 2. The largest absolute Gasteiger partial charge is 0.385 e. The molecule has 2 aromatic heterocycles. The summed E-state index contributed by atoms with van der Waals surface area (Å²) in [5.41, 5.74) is 3.30. The maximum absolute atomic E-state index is 5.58. The summed E-state index contributed by atoms with van der Waals surface area (Å²) in [5.74, 6) is 0. The first-order chi connectivity index (χ1) is 11.2. The van der Waals surface area contributed by atoms with Crippen LogP contribution in [0.4, 0.5) is 0 Å². The van der Waals surface area contributed by atoms with Crippen LogP contribution in [0.15, 0.2) is 36.5 Å². The predicted molar refractivity (Wildman–Crippen MR) is 94.2 cm³/mol. The van der Waals surface area contributed by atoms with Crippen molar-refractivity contribution in [1.82, 2.24) is 20.2 Å². The lowest BCUT2D eigenvalue weighted by atomic mass is 10.0. The van der Waals surface area contributed by atoms with Gasteiger partial charge in [-0.25, -0.2) is 0 Å². The Morgan fingerprint density at radius 3 is 2.83 bits per heavy atom. The highest BCUT2D eigenvalue weighted by molar-refractivity contribution is 7.80. The van der Waals surface area contributed by atoms with Gasteiger partial charge in [-0.1, -0.05) is 6.07 Å². The van der Waals surface area contributed by atoms with Gasteiger partial charge in [0.1, 0.15) is 0 Å². The van der Waals surface area contributed by atoms with E-state index in [-0.39, 0.29) is 12.1 Å². The Morgan fingerprint density at radius 2 is 2.17 bits per heavy atom. The number of pyridine rings is 1. The molecule has 122 valence electrons. The van der Waals surface area contributed by atoms with Crippen molar-refractivity contribution in [2.45, 2.75) is 25.4 Å². The fourth-order valence-electron chi connectivity index (χ4n) is 3.06.